The van der Waals surface area contributed by atoms with Crippen molar-refractivity contribution in [1.29, 1.82) is 0 Å². The summed E-state index contributed by atoms with van der Waals surface area (Å²) < 4.78 is 36.4. The molecular weight excluding hydrogens is 191 g/mol. The van der Waals surface area contributed by atoms with E-state index in [4.69, 9.17) is 0 Å². The molecule has 1 heterocycles. The second-order valence-electron chi connectivity index (χ2n) is 4.28. The van der Waals surface area contributed by atoms with Crippen molar-refractivity contribution >= 4 is 9.84 Å². The van der Waals surface area contributed by atoms with E-state index in [0.29, 0.717) is 12.8 Å². The Labute approximate surface area is 79.4 Å². The van der Waals surface area contributed by atoms with Crippen LogP contribution in [0.2, 0.25) is 0 Å². The van der Waals surface area contributed by atoms with Gasteiger partial charge in [0, 0.05) is 0 Å². The zero-order valence-electron chi connectivity index (χ0n) is 8.22. The fourth-order valence-corrected chi connectivity index (χ4v) is 4.16. The second kappa shape index (κ2) is 3.56. The Morgan fingerprint density at radius 3 is 2.69 bits per heavy atom. The minimum atomic E-state index is -3.16. The molecule has 0 aromatic carbocycles. The fourth-order valence-electron chi connectivity index (χ4n) is 1.86. The molecule has 13 heavy (non-hydrogen) atoms. The van der Waals surface area contributed by atoms with E-state index in [1.165, 1.54) is 6.92 Å². The summed E-state index contributed by atoms with van der Waals surface area (Å²) in [7, 11) is -3.16. The van der Waals surface area contributed by atoms with Crippen LogP contribution in [0.5, 0.6) is 0 Å². The monoisotopic (exact) mass is 208 g/mol. The van der Waals surface area contributed by atoms with Crippen LogP contribution in [0, 0.1) is 5.92 Å². The van der Waals surface area contributed by atoms with Crippen LogP contribution in [0.1, 0.15) is 33.1 Å². The summed E-state index contributed by atoms with van der Waals surface area (Å²) in [6, 6.07) is 0. The van der Waals surface area contributed by atoms with Gasteiger partial charge in [-0.25, -0.2) is 12.8 Å². The molecule has 4 heteroatoms. The highest BCUT2D eigenvalue weighted by molar-refractivity contribution is 7.91. The second-order valence-corrected chi connectivity index (χ2v) is 6.39. The Bertz CT molecular complexity index is 269. The largest absolute Gasteiger partial charge is 0.243 e. The van der Waals surface area contributed by atoms with Crippen LogP contribution >= 0.6 is 0 Å². The summed E-state index contributed by atoms with van der Waals surface area (Å²) in [5, 5.41) is 0. The normalized spacial score (nSPS) is 39.8. The Morgan fingerprint density at radius 2 is 2.15 bits per heavy atom. The van der Waals surface area contributed by atoms with Gasteiger partial charge in [-0.1, -0.05) is 13.3 Å². The smallest absolute Gasteiger partial charge is 0.153 e. The third kappa shape index (κ3) is 3.25. The van der Waals surface area contributed by atoms with E-state index in [2.05, 4.69) is 0 Å². The lowest BCUT2D eigenvalue weighted by Gasteiger charge is -2.16. The molecule has 1 saturated heterocycles. The quantitative estimate of drug-likeness (QED) is 0.660. The lowest BCUT2D eigenvalue weighted by molar-refractivity contribution is 0.196. The van der Waals surface area contributed by atoms with Crippen LogP contribution in [0.15, 0.2) is 0 Å². The zero-order valence-corrected chi connectivity index (χ0v) is 9.03. The summed E-state index contributed by atoms with van der Waals surface area (Å²) >= 11 is 0. The lowest BCUT2D eigenvalue weighted by Crippen LogP contribution is -2.28. The molecule has 0 N–H and O–H groups in total. The van der Waals surface area contributed by atoms with Crippen molar-refractivity contribution in [3.05, 3.63) is 0 Å². The predicted molar refractivity (Wildman–Crippen MR) is 51.2 cm³/mol. The highest BCUT2D eigenvalue weighted by Crippen LogP contribution is 2.29. The van der Waals surface area contributed by atoms with Crippen LogP contribution in [0.25, 0.3) is 0 Å². The number of halogens is 1. The van der Waals surface area contributed by atoms with Gasteiger partial charge in [0.15, 0.2) is 9.84 Å². The predicted octanol–water partition coefficient (Wildman–Crippen LogP) is 1.95. The zero-order chi connectivity index (χ0) is 10.1. The standard InChI is InChI=1S/C9H17FO2S/c1-3-8-4-5-9(2,10)7-13(11,12)6-8/h8H,3-7H2,1-2H3. The minimum Gasteiger partial charge on any atom is -0.243 e. The first kappa shape index (κ1) is 11.0. The van der Waals surface area contributed by atoms with Gasteiger partial charge in [-0.3, -0.25) is 0 Å². The van der Waals surface area contributed by atoms with Crippen molar-refractivity contribution < 1.29 is 12.8 Å². The average Bonchev–Trinajstić information content (AvgIpc) is 2.04. The van der Waals surface area contributed by atoms with Crippen LogP contribution in [-0.2, 0) is 9.84 Å². The Balaban J connectivity index is 2.82. The number of sulfone groups is 1. The molecule has 2 unspecified atom stereocenters. The van der Waals surface area contributed by atoms with E-state index in [1.54, 1.807) is 0 Å². The maximum absolute atomic E-state index is 13.6. The van der Waals surface area contributed by atoms with Gasteiger partial charge < -0.3 is 0 Å². The maximum Gasteiger partial charge on any atom is 0.153 e. The average molecular weight is 208 g/mol. The van der Waals surface area contributed by atoms with Crippen molar-refractivity contribution in [2.45, 2.75) is 38.8 Å². The Kier molecular flexibility index (Phi) is 3.00. The van der Waals surface area contributed by atoms with Crippen LogP contribution in [-0.4, -0.2) is 25.6 Å². The van der Waals surface area contributed by atoms with E-state index in [9.17, 15) is 12.8 Å². The summed E-state index contributed by atoms with van der Waals surface area (Å²) in [5.74, 6) is 0.0297. The fraction of sp³-hybridized carbons (Fsp3) is 1.00. The summed E-state index contributed by atoms with van der Waals surface area (Å²) in [6.45, 7) is 3.35. The maximum atomic E-state index is 13.6. The van der Waals surface area contributed by atoms with E-state index in [-0.39, 0.29) is 17.4 Å². The van der Waals surface area contributed by atoms with Gasteiger partial charge in [-0.15, -0.1) is 0 Å². The van der Waals surface area contributed by atoms with Crippen LogP contribution in [0.3, 0.4) is 0 Å². The lowest BCUT2D eigenvalue weighted by atomic mass is 9.96. The molecule has 0 saturated carbocycles. The third-order valence-corrected chi connectivity index (χ3v) is 4.68. The first-order chi connectivity index (χ1) is 5.85. The van der Waals surface area contributed by atoms with Crippen LogP contribution < -0.4 is 0 Å². The molecule has 2 atom stereocenters. The highest BCUT2D eigenvalue weighted by Gasteiger charge is 2.35. The number of hydrogen-bond donors (Lipinski definition) is 0. The molecule has 1 fully saturated rings. The van der Waals surface area contributed by atoms with Crippen molar-refractivity contribution in [1.82, 2.24) is 0 Å². The van der Waals surface area contributed by atoms with Crippen LogP contribution in [0.4, 0.5) is 4.39 Å². The number of alkyl halides is 1. The Morgan fingerprint density at radius 1 is 1.54 bits per heavy atom. The van der Waals surface area contributed by atoms with E-state index in [1.807, 2.05) is 6.92 Å². The van der Waals surface area contributed by atoms with E-state index >= 15 is 0 Å². The summed E-state index contributed by atoms with van der Waals surface area (Å²) in [4.78, 5) is 0. The summed E-state index contributed by atoms with van der Waals surface area (Å²) in [6.07, 6.45) is 1.91. The molecule has 0 radical (unpaired) electrons. The summed E-state index contributed by atoms with van der Waals surface area (Å²) in [5.41, 5.74) is -1.51. The van der Waals surface area contributed by atoms with Gasteiger partial charge in [-0.2, -0.15) is 0 Å². The van der Waals surface area contributed by atoms with Crippen molar-refractivity contribution in [3.8, 4) is 0 Å². The van der Waals surface area contributed by atoms with Gasteiger partial charge in [0.1, 0.15) is 5.67 Å². The first-order valence-electron chi connectivity index (χ1n) is 4.74. The number of rotatable bonds is 1. The van der Waals surface area contributed by atoms with E-state index in [0.717, 1.165) is 6.42 Å². The molecule has 0 aromatic rings. The van der Waals surface area contributed by atoms with Gasteiger partial charge in [-0.05, 0) is 25.7 Å². The SMILES string of the molecule is CCC1CCC(C)(F)CS(=O)(=O)C1. The molecular formula is C9H17FO2S. The molecule has 0 bridgehead atoms. The van der Waals surface area contributed by atoms with E-state index < -0.39 is 15.5 Å². The molecule has 0 spiro atoms. The molecule has 0 amide bonds. The first-order valence-corrected chi connectivity index (χ1v) is 6.56. The van der Waals surface area contributed by atoms with Gasteiger partial charge in [0.05, 0.1) is 11.5 Å². The molecule has 1 rings (SSSR count). The van der Waals surface area contributed by atoms with Crippen molar-refractivity contribution in [3.63, 3.8) is 0 Å². The van der Waals surface area contributed by atoms with Gasteiger partial charge in [0.25, 0.3) is 0 Å². The third-order valence-electron chi connectivity index (χ3n) is 2.66. The molecule has 2 nitrogen and oxygen atoms in total. The Hall–Kier alpha value is -0.120. The highest BCUT2D eigenvalue weighted by atomic mass is 32.2. The minimum absolute atomic E-state index is 0.155. The number of hydrogen-bond acceptors (Lipinski definition) is 2. The van der Waals surface area contributed by atoms with Crippen molar-refractivity contribution in [2.75, 3.05) is 11.5 Å². The van der Waals surface area contributed by atoms with Crippen molar-refractivity contribution in [2.24, 2.45) is 5.92 Å². The molecule has 78 valence electrons. The molecule has 0 aliphatic carbocycles. The topological polar surface area (TPSA) is 34.1 Å². The molecule has 1 aliphatic rings. The molecule has 1 aliphatic heterocycles. The van der Waals surface area contributed by atoms with Gasteiger partial charge in [0.2, 0.25) is 0 Å². The van der Waals surface area contributed by atoms with Gasteiger partial charge >= 0.3 is 0 Å². The molecule has 0 aromatic heterocycles.